The first-order valence-electron chi connectivity index (χ1n) is 9.68. The van der Waals surface area contributed by atoms with Crippen LogP contribution in [0.3, 0.4) is 0 Å². The van der Waals surface area contributed by atoms with Crippen LogP contribution in [0.25, 0.3) is 6.08 Å². The summed E-state index contributed by atoms with van der Waals surface area (Å²) in [5.74, 6) is 0.794. The lowest BCUT2D eigenvalue weighted by Crippen LogP contribution is -2.27. The van der Waals surface area contributed by atoms with Crippen molar-refractivity contribution in [1.82, 2.24) is 4.90 Å². The SMILES string of the molecule is CCN(CC)c1ccc(/C=C2\SC(=O)N(Cc3cc4c(cc3Cl)OCO4)C2=O)cc1. The predicted octanol–water partition coefficient (Wildman–Crippen LogP) is 5.15. The summed E-state index contributed by atoms with van der Waals surface area (Å²) in [7, 11) is 0. The normalized spacial score (nSPS) is 16.6. The number of imide groups is 1. The van der Waals surface area contributed by atoms with Crippen LogP contribution in [-0.4, -0.2) is 35.9 Å². The molecule has 1 saturated heterocycles. The van der Waals surface area contributed by atoms with E-state index in [9.17, 15) is 9.59 Å². The number of rotatable bonds is 6. The van der Waals surface area contributed by atoms with E-state index in [1.54, 1.807) is 18.2 Å². The molecule has 0 aliphatic carbocycles. The molecule has 0 radical (unpaired) electrons. The highest BCUT2D eigenvalue weighted by atomic mass is 35.5. The van der Waals surface area contributed by atoms with Gasteiger partial charge in [0.15, 0.2) is 11.5 Å². The molecule has 2 amide bonds. The first kappa shape index (κ1) is 20.6. The Morgan fingerprint density at radius 3 is 2.43 bits per heavy atom. The summed E-state index contributed by atoms with van der Waals surface area (Å²) in [6, 6.07) is 11.3. The number of halogens is 1. The summed E-state index contributed by atoms with van der Waals surface area (Å²) in [6.07, 6.45) is 1.75. The minimum Gasteiger partial charge on any atom is -0.454 e. The van der Waals surface area contributed by atoms with Crippen molar-refractivity contribution in [2.45, 2.75) is 20.4 Å². The van der Waals surface area contributed by atoms with E-state index in [2.05, 4.69) is 18.7 Å². The van der Waals surface area contributed by atoms with E-state index >= 15 is 0 Å². The van der Waals surface area contributed by atoms with Crippen LogP contribution in [0.5, 0.6) is 11.5 Å². The highest BCUT2D eigenvalue weighted by Gasteiger charge is 2.35. The van der Waals surface area contributed by atoms with Gasteiger partial charge in [0.05, 0.1) is 11.4 Å². The van der Waals surface area contributed by atoms with Crippen molar-refractivity contribution in [3.8, 4) is 11.5 Å². The van der Waals surface area contributed by atoms with Gasteiger partial charge in [-0.25, -0.2) is 0 Å². The maximum absolute atomic E-state index is 12.8. The predicted molar refractivity (Wildman–Crippen MR) is 119 cm³/mol. The largest absolute Gasteiger partial charge is 0.454 e. The van der Waals surface area contributed by atoms with Gasteiger partial charge in [0.1, 0.15) is 0 Å². The standard InChI is InChI=1S/C22H21ClN2O4S/c1-3-24(4-2)16-7-5-14(6-8-16)9-20-21(26)25(22(27)30-20)12-15-10-18-19(11-17(15)23)29-13-28-18/h5-11H,3-4,12-13H2,1-2H3/b20-9-. The third-order valence-electron chi connectivity index (χ3n) is 5.06. The van der Waals surface area contributed by atoms with Gasteiger partial charge in [-0.15, -0.1) is 0 Å². The molecule has 156 valence electrons. The van der Waals surface area contributed by atoms with Gasteiger partial charge in [-0.3, -0.25) is 14.5 Å². The minimum atomic E-state index is -0.327. The number of hydrogen-bond donors (Lipinski definition) is 0. The zero-order valence-corrected chi connectivity index (χ0v) is 18.3. The van der Waals surface area contributed by atoms with Crippen LogP contribution in [0.2, 0.25) is 5.02 Å². The van der Waals surface area contributed by atoms with Gasteiger partial charge in [-0.1, -0.05) is 23.7 Å². The molecule has 2 aromatic carbocycles. The summed E-state index contributed by atoms with van der Waals surface area (Å²) in [6.45, 7) is 6.29. The maximum Gasteiger partial charge on any atom is 0.293 e. The van der Waals surface area contributed by atoms with Gasteiger partial charge < -0.3 is 14.4 Å². The highest BCUT2D eigenvalue weighted by molar-refractivity contribution is 8.18. The van der Waals surface area contributed by atoms with Crippen LogP contribution >= 0.6 is 23.4 Å². The topological polar surface area (TPSA) is 59.1 Å². The van der Waals surface area contributed by atoms with E-state index in [-0.39, 0.29) is 24.5 Å². The van der Waals surface area contributed by atoms with E-state index in [1.165, 1.54) is 4.90 Å². The second-order valence-corrected chi connectivity index (χ2v) is 8.23. The Kier molecular flexibility index (Phi) is 5.92. The third-order valence-corrected chi connectivity index (χ3v) is 6.32. The molecule has 0 spiro atoms. The Balaban J connectivity index is 1.51. The zero-order chi connectivity index (χ0) is 21.3. The van der Waals surface area contributed by atoms with Gasteiger partial charge in [0.25, 0.3) is 11.1 Å². The minimum absolute atomic E-state index is 0.0817. The Morgan fingerprint density at radius 1 is 1.10 bits per heavy atom. The number of benzene rings is 2. The average molecular weight is 445 g/mol. The molecule has 0 atom stereocenters. The number of ether oxygens (including phenoxy) is 2. The van der Waals surface area contributed by atoms with Gasteiger partial charge >= 0.3 is 0 Å². The summed E-state index contributed by atoms with van der Waals surface area (Å²) < 4.78 is 10.7. The first-order chi connectivity index (χ1) is 14.5. The van der Waals surface area contributed by atoms with Crippen molar-refractivity contribution >= 4 is 46.3 Å². The summed E-state index contributed by atoms with van der Waals surface area (Å²) in [5, 5.41) is 0.106. The molecule has 6 nitrogen and oxygen atoms in total. The second-order valence-electron chi connectivity index (χ2n) is 6.83. The molecule has 0 saturated carbocycles. The van der Waals surface area contributed by atoms with Gasteiger partial charge in [0.2, 0.25) is 6.79 Å². The molecule has 2 aromatic rings. The number of nitrogens with zero attached hydrogens (tertiary/aromatic N) is 2. The van der Waals surface area contributed by atoms with Gasteiger partial charge in [-0.2, -0.15) is 0 Å². The molecule has 0 unspecified atom stereocenters. The summed E-state index contributed by atoms with van der Waals surface area (Å²) >= 11 is 7.24. The second kappa shape index (κ2) is 8.62. The molecule has 2 heterocycles. The molecule has 8 heteroatoms. The number of amides is 2. The summed E-state index contributed by atoms with van der Waals surface area (Å²) in [4.78, 5) is 29.2. The molecule has 0 N–H and O–H groups in total. The first-order valence-corrected chi connectivity index (χ1v) is 10.9. The van der Waals surface area contributed by atoms with Crippen molar-refractivity contribution < 1.29 is 19.1 Å². The number of anilines is 1. The molecule has 0 aromatic heterocycles. The molecular formula is C22H21ClN2O4S. The van der Waals surface area contributed by atoms with Gasteiger partial charge in [0, 0.05) is 29.9 Å². The fourth-order valence-electron chi connectivity index (χ4n) is 3.41. The van der Waals surface area contributed by atoms with Crippen LogP contribution in [0.4, 0.5) is 10.5 Å². The van der Waals surface area contributed by atoms with Crippen LogP contribution in [0.15, 0.2) is 41.3 Å². The van der Waals surface area contributed by atoms with Crippen LogP contribution in [-0.2, 0) is 11.3 Å². The fraction of sp³-hybridized carbons (Fsp3) is 0.273. The van der Waals surface area contributed by atoms with E-state index in [1.807, 2.05) is 24.3 Å². The van der Waals surface area contributed by atoms with Crippen molar-refractivity contribution in [1.29, 1.82) is 0 Å². The lowest BCUT2D eigenvalue weighted by atomic mass is 10.1. The van der Waals surface area contributed by atoms with Crippen molar-refractivity contribution in [3.63, 3.8) is 0 Å². The highest BCUT2D eigenvalue weighted by Crippen LogP contribution is 2.39. The molecule has 4 rings (SSSR count). The smallest absolute Gasteiger partial charge is 0.293 e. The molecule has 0 bridgehead atoms. The van der Waals surface area contributed by atoms with E-state index in [0.29, 0.717) is 27.0 Å². The summed E-state index contributed by atoms with van der Waals surface area (Å²) in [5.41, 5.74) is 2.63. The molecule has 2 aliphatic rings. The Labute approximate surface area is 184 Å². The molecule has 1 fully saturated rings. The lowest BCUT2D eigenvalue weighted by Gasteiger charge is -2.20. The van der Waals surface area contributed by atoms with Crippen LogP contribution < -0.4 is 14.4 Å². The van der Waals surface area contributed by atoms with E-state index in [4.69, 9.17) is 21.1 Å². The average Bonchev–Trinajstić information content (AvgIpc) is 3.29. The van der Waals surface area contributed by atoms with Crippen LogP contribution in [0.1, 0.15) is 25.0 Å². The van der Waals surface area contributed by atoms with Crippen molar-refractivity contribution in [2.24, 2.45) is 0 Å². The van der Waals surface area contributed by atoms with E-state index in [0.717, 1.165) is 36.1 Å². The number of fused-ring (bicyclic) bond motifs is 1. The zero-order valence-electron chi connectivity index (χ0n) is 16.7. The lowest BCUT2D eigenvalue weighted by molar-refractivity contribution is -0.123. The maximum atomic E-state index is 12.8. The quantitative estimate of drug-likeness (QED) is 0.574. The molecule has 30 heavy (non-hydrogen) atoms. The monoisotopic (exact) mass is 444 g/mol. The number of hydrogen-bond acceptors (Lipinski definition) is 6. The Morgan fingerprint density at radius 2 is 1.77 bits per heavy atom. The third kappa shape index (κ3) is 4.00. The number of thioether (sulfide) groups is 1. The van der Waals surface area contributed by atoms with Crippen LogP contribution in [0, 0.1) is 0 Å². The fourth-order valence-corrected chi connectivity index (χ4v) is 4.46. The molecular weight excluding hydrogens is 424 g/mol. The van der Waals surface area contributed by atoms with Crippen molar-refractivity contribution in [3.05, 3.63) is 57.5 Å². The van der Waals surface area contributed by atoms with Crippen molar-refractivity contribution in [2.75, 3.05) is 24.8 Å². The molecule has 2 aliphatic heterocycles. The van der Waals surface area contributed by atoms with Gasteiger partial charge in [-0.05, 0) is 61.0 Å². The Bertz CT molecular complexity index is 1020. The Hall–Kier alpha value is -2.64. The number of carbonyl (C=O) groups excluding carboxylic acids is 2. The van der Waals surface area contributed by atoms with E-state index < -0.39 is 0 Å². The number of carbonyl (C=O) groups is 2.